The number of pyridine rings is 1. The average Bonchev–Trinajstić information content (AvgIpc) is 2.78. The van der Waals surface area contributed by atoms with Crippen LogP contribution in [0.1, 0.15) is 5.56 Å². The van der Waals surface area contributed by atoms with Crippen LogP contribution in [0.4, 0.5) is 5.82 Å². The molecule has 0 saturated carbocycles. The predicted molar refractivity (Wildman–Crippen MR) is 119 cm³/mol. The highest BCUT2D eigenvalue weighted by atomic mass is 35.5. The zero-order valence-corrected chi connectivity index (χ0v) is 17.3. The molecule has 0 radical (unpaired) electrons. The molecule has 7 heteroatoms. The van der Waals surface area contributed by atoms with Crippen LogP contribution in [0, 0.1) is 0 Å². The van der Waals surface area contributed by atoms with Gasteiger partial charge in [0, 0.05) is 32.4 Å². The lowest BCUT2D eigenvalue weighted by Crippen LogP contribution is -2.51. The van der Waals surface area contributed by atoms with E-state index in [0.29, 0.717) is 31.2 Å². The van der Waals surface area contributed by atoms with E-state index in [2.05, 4.69) is 15.2 Å². The third-order valence-corrected chi connectivity index (χ3v) is 5.56. The lowest BCUT2D eigenvalue weighted by Gasteiger charge is -2.35. The molecule has 2 amide bonds. The summed E-state index contributed by atoms with van der Waals surface area (Å²) in [5.41, 5.74) is 0.960. The molecule has 6 nitrogen and oxygen atoms in total. The maximum Gasteiger partial charge on any atom is 0.242 e. The zero-order valence-electron chi connectivity index (χ0n) is 16.6. The maximum atomic E-state index is 12.5. The number of carbonyl (C=O) groups is 2. The van der Waals surface area contributed by atoms with Gasteiger partial charge in [-0.25, -0.2) is 4.98 Å². The molecular formula is C23H23ClN4O2. The van der Waals surface area contributed by atoms with Crippen LogP contribution < -0.4 is 10.2 Å². The Bertz CT molecular complexity index is 1040. The van der Waals surface area contributed by atoms with Gasteiger partial charge in [0.15, 0.2) is 0 Å². The lowest BCUT2D eigenvalue weighted by molar-refractivity contribution is -0.133. The fourth-order valence-electron chi connectivity index (χ4n) is 3.71. The van der Waals surface area contributed by atoms with Crippen molar-refractivity contribution < 1.29 is 9.59 Å². The number of hydrogen-bond acceptors (Lipinski definition) is 4. The molecule has 0 bridgehead atoms. The number of rotatable bonds is 5. The summed E-state index contributed by atoms with van der Waals surface area (Å²) in [5.74, 6) is 0.642. The van der Waals surface area contributed by atoms with Crippen molar-refractivity contribution in [2.45, 2.75) is 6.42 Å². The van der Waals surface area contributed by atoms with Gasteiger partial charge in [-0.1, -0.05) is 54.1 Å². The van der Waals surface area contributed by atoms with Crippen LogP contribution in [0.15, 0.2) is 60.8 Å². The monoisotopic (exact) mass is 422 g/mol. The van der Waals surface area contributed by atoms with Crippen LogP contribution >= 0.6 is 11.6 Å². The molecule has 1 aromatic heterocycles. The van der Waals surface area contributed by atoms with Crippen molar-refractivity contribution in [1.82, 2.24) is 15.2 Å². The van der Waals surface area contributed by atoms with Crippen LogP contribution in [0.5, 0.6) is 0 Å². The fraction of sp³-hybridized carbons (Fsp3) is 0.261. The summed E-state index contributed by atoms with van der Waals surface area (Å²) in [6, 6.07) is 17.6. The summed E-state index contributed by atoms with van der Waals surface area (Å²) in [4.78, 5) is 33.1. The first-order chi connectivity index (χ1) is 14.6. The number of aromatic nitrogens is 1. The average molecular weight is 423 g/mol. The highest BCUT2D eigenvalue weighted by Gasteiger charge is 2.22. The van der Waals surface area contributed by atoms with E-state index in [0.717, 1.165) is 22.2 Å². The highest BCUT2D eigenvalue weighted by Crippen LogP contribution is 2.19. The fourth-order valence-corrected chi connectivity index (χ4v) is 3.82. The first-order valence-corrected chi connectivity index (χ1v) is 10.4. The van der Waals surface area contributed by atoms with E-state index in [4.69, 9.17) is 11.6 Å². The maximum absolute atomic E-state index is 12.5. The molecule has 1 fully saturated rings. The van der Waals surface area contributed by atoms with Gasteiger partial charge in [-0.05, 0) is 28.5 Å². The number of halogens is 1. The van der Waals surface area contributed by atoms with Gasteiger partial charge >= 0.3 is 0 Å². The number of nitrogens with one attached hydrogen (secondary N) is 1. The van der Waals surface area contributed by atoms with Crippen LogP contribution in [-0.4, -0.2) is 54.4 Å². The third kappa shape index (κ3) is 4.71. The highest BCUT2D eigenvalue weighted by molar-refractivity contribution is 6.30. The Kier molecular flexibility index (Phi) is 6.14. The van der Waals surface area contributed by atoms with Crippen molar-refractivity contribution >= 4 is 40.0 Å². The van der Waals surface area contributed by atoms with Crippen molar-refractivity contribution in [2.24, 2.45) is 0 Å². The summed E-state index contributed by atoms with van der Waals surface area (Å²) in [6.07, 6.45) is 1.88. The summed E-state index contributed by atoms with van der Waals surface area (Å²) < 4.78 is 0. The second-order valence-corrected chi connectivity index (χ2v) is 7.73. The van der Waals surface area contributed by atoms with E-state index in [-0.39, 0.29) is 24.8 Å². The van der Waals surface area contributed by atoms with Crippen LogP contribution in [0.3, 0.4) is 0 Å². The number of benzene rings is 2. The van der Waals surface area contributed by atoms with Gasteiger partial charge in [0.05, 0.1) is 18.0 Å². The number of piperazine rings is 1. The summed E-state index contributed by atoms with van der Waals surface area (Å²) in [5, 5.41) is 5.54. The van der Waals surface area contributed by atoms with Gasteiger partial charge in [0.2, 0.25) is 11.8 Å². The van der Waals surface area contributed by atoms with Gasteiger partial charge in [0.1, 0.15) is 5.82 Å². The quantitative estimate of drug-likeness (QED) is 0.686. The second-order valence-electron chi connectivity index (χ2n) is 7.29. The molecular weight excluding hydrogens is 400 g/mol. The predicted octanol–water partition coefficient (Wildman–Crippen LogP) is 2.90. The van der Waals surface area contributed by atoms with E-state index in [9.17, 15) is 9.59 Å². The van der Waals surface area contributed by atoms with Crippen molar-refractivity contribution in [3.8, 4) is 0 Å². The molecule has 0 atom stereocenters. The molecule has 1 aliphatic rings. The molecule has 2 aromatic carbocycles. The molecule has 1 saturated heterocycles. The first kappa shape index (κ1) is 20.2. The van der Waals surface area contributed by atoms with Crippen molar-refractivity contribution in [3.05, 3.63) is 71.4 Å². The number of amides is 2. The Labute approximate surface area is 180 Å². The van der Waals surface area contributed by atoms with Crippen LogP contribution in [0.2, 0.25) is 5.02 Å². The third-order valence-electron chi connectivity index (χ3n) is 5.34. The topological polar surface area (TPSA) is 65.5 Å². The molecule has 4 rings (SSSR count). The van der Waals surface area contributed by atoms with E-state index in [1.807, 2.05) is 54.6 Å². The molecule has 0 unspecified atom stereocenters. The van der Waals surface area contributed by atoms with E-state index in [1.165, 1.54) is 0 Å². The minimum Gasteiger partial charge on any atom is -0.353 e. The smallest absolute Gasteiger partial charge is 0.242 e. The Morgan fingerprint density at radius 3 is 2.50 bits per heavy atom. The molecule has 1 N–H and O–H groups in total. The zero-order chi connectivity index (χ0) is 20.9. The molecule has 1 aliphatic heterocycles. The molecule has 154 valence electrons. The molecule has 3 aromatic rings. The summed E-state index contributed by atoms with van der Waals surface area (Å²) in [6.45, 7) is 2.61. The largest absolute Gasteiger partial charge is 0.353 e. The SMILES string of the molecule is O=C(Cc1cccc2ccccc12)NCC(=O)N1CCN(c2ccc(Cl)cn2)CC1. The van der Waals surface area contributed by atoms with Gasteiger partial charge in [-0.3, -0.25) is 9.59 Å². The molecule has 0 spiro atoms. The Balaban J connectivity index is 1.26. The Hall–Kier alpha value is -3.12. The number of fused-ring (bicyclic) bond motifs is 1. The number of nitrogens with zero attached hydrogens (tertiary/aromatic N) is 3. The van der Waals surface area contributed by atoms with Crippen LogP contribution in [-0.2, 0) is 16.0 Å². The first-order valence-electron chi connectivity index (χ1n) is 9.98. The van der Waals surface area contributed by atoms with Crippen LogP contribution in [0.25, 0.3) is 10.8 Å². The second kappa shape index (κ2) is 9.13. The van der Waals surface area contributed by atoms with Crippen molar-refractivity contribution in [1.29, 1.82) is 0 Å². The van der Waals surface area contributed by atoms with E-state index in [1.54, 1.807) is 11.1 Å². The van der Waals surface area contributed by atoms with Crippen molar-refractivity contribution in [2.75, 3.05) is 37.6 Å². The molecule has 30 heavy (non-hydrogen) atoms. The number of carbonyl (C=O) groups excluding carboxylic acids is 2. The normalized spacial score (nSPS) is 14.0. The van der Waals surface area contributed by atoms with E-state index >= 15 is 0 Å². The van der Waals surface area contributed by atoms with Gasteiger partial charge in [-0.15, -0.1) is 0 Å². The summed E-state index contributed by atoms with van der Waals surface area (Å²) in [7, 11) is 0. The lowest BCUT2D eigenvalue weighted by atomic mass is 10.0. The number of anilines is 1. The van der Waals surface area contributed by atoms with Crippen molar-refractivity contribution in [3.63, 3.8) is 0 Å². The summed E-state index contributed by atoms with van der Waals surface area (Å²) >= 11 is 5.89. The van der Waals surface area contributed by atoms with Gasteiger partial charge in [0.25, 0.3) is 0 Å². The molecule has 0 aliphatic carbocycles. The van der Waals surface area contributed by atoms with Gasteiger partial charge < -0.3 is 15.1 Å². The minimum absolute atomic E-state index is 0.0167. The van der Waals surface area contributed by atoms with Gasteiger partial charge in [-0.2, -0.15) is 0 Å². The van der Waals surface area contributed by atoms with E-state index < -0.39 is 0 Å². The Morgan fingerprint density at radius 2 is 1.73 bits per heavy atom. The Morgan fingerprint density at radius 1 is 0.967 bits per heavy atom. The standard InChI is InChI=1S/C23H23ClN4O2/c24-19-8-9-21(25-15-19)27-10-12-28(13-11-27)23(30)16-26-22(29)14-18-6-3-5-17-4-1-2-7-20(17)18/h1-9,15H,10-14,16H2,(H,26,29). The minimum atomic E-state index is -0.149. The number of hydrogen-bond donors (Lipinski definition) is 1. The molecule has 2 heterocycles.